The molecule has 0 aliphatic rings. The highest BCUT2D eigenvalue weighted by atomic mass is 35.5. The van der Waals surface area contributed by atoms with Crippen LogP contribution in [0.3, 0.4) is 0 Å². The fraction of sp³-hybridized carbons (Fsp3) is 0.636. The Morgan fingerprint density at radius 1 is 1.50 bits per heavy atom. The van der Waals surface area contributed by atoms with E-state index >= 15 is 0 Å². The van der Waals surface area contributed by atoms with Gasteiger partial charge in [0.25, 0.3) is 0 Å². The maximum absolute atomic E-state index is 9.79. The third-order valence-corrected chi connectivity index (χ3v) is 2.30. The number of hydrogen-bond donors (Lipinski definition) is 2. The number of aliphatic hydroxyl groups excluding tert-OH is 1. The van der Waals surface area contributed by atoms with Gasteiger partial charge in [-0.2, -0.15) is 0 Å². The van der Waals surface area contributed by atoms with Gasteiger partial charge in [0.05, 0.1) is 12.3 Å². The monoisotopic (exact) mass is 243 g/mol. The molecule has 0 aromatic carbocycles. The van der Waals surface area contributed by atoms with Gasteiger partial charge in [0.2, 0.25) is 0 Å². The van der Waals surface area contributed by atoms with Crippen molar-refractivity contribution in [2.45, 2.75) is 33.3 Å². The first kappa shape index (κ1) is 13.2. The lowest BCUT2D eigenvalue weighted by Crippen LogP contribution is -2.25. The predicted molar refractivity (Wildman–Crippen MR) is 65.6 cm³/mol. The van der Waals surface area contributed by atoms with Gasteiger partial charge < -0.3 is 10.4 Å². The molecule has 90 valence electrons. The number of aromatic nitrogens is 2. The standard InChI is InChI=1S/C11H18ClN3O/c1-11(2,3)4-8(16)5-14-10-9(12)6-13-7-15-10/h6-8,16H,4-5H2,1-3H3,(H,13,14,15). The van der Waals surface area contributed by atoms with E-state index in [1.807, 2.05) is 0 Å². The molecular weight excluding hydrogens is 226 g/mol. The molecule has 0 spiro atoms. The minimum absolute atomic E-state index is 0.108. The molecule has 0 fully saturated rings. The van der Waals surface area contributed by atoms with E-state index in [2.05, 4.69) is 36.1 Å². The fourth-order valence-electron chi connectivity index (χ4n) is 1.44. The Balaban J connectivity index is 2.43. The first-order valence-corrected chi connectivity index (χ1v) is 5.64. The first-order chi connectivity index (χ1) is 7.38. The summed E-state index contributed by atoms with van der Waals surface area (Å²) < 4.78 is 0. The second-order valence-electron chi connectivity index (χ2n) is 5.02. The molecule has 4 nitrogen and oxygen atoms in total. The van der Waals surface area contributed by atoms with E-state index in [9.17, 15) is 5.11 Å². The highest BCUT2D eigenvalue weighted by Crippen LogP contribution is 2.21. The Labute approximate surface area is 101 Å². The minimum Gasteiger partial charge on any atom is -0.391 e. The van der Waals surface area contributed by atoms with Crippen molar-refractivity contribution in [1.82, 2.24) is 9.97 Å². The van der Waals surface area contributed by atoms with Crippen molar-refractivity contribution in [1.29, 1.82) is 0 Å². The molecule has 1 heterocycles. The predicted octanol–water partition coefficient (Wildman–Crippen LogP) is 2.34. The van der Waals surface area contributed by atoms with Crippen molar-refractivity contribution >= 4 is 17.4 Å². The van der Waals surface area contributed by atoms with Crippen molar-refractivity contribution < 1.29 is 5.11 Å². The Morgan fingerprint density at radius 2 is 2.19 bits per heavy atom. The zero-order valence-electron chi connectivity index (χ0n) is 9.87. The van der Waals surface area contributed by atoms with Crippen LogP contribution in [0.15, 0.2) is 12.5 Å². The van der Waals surface area contributed by atoms with Gasteiger partial charge >= 0.3 is 0 Å². The van der Waals surface area contributed by atoms with Crippen LogP contribution in [-0.4, -0.2) is 27.7 Å². The van der Waals surface area contributed by atoms with Crippen LogP contribution in [0, 0.1) is 5.41 Å². The van der Waals surface area contributed by atoms with E-state index in [4.69, 9.17) is 11.6 Å². The smallest absolute Gasteiger partial charge is 0.148 e. The number of nitrogens with one attached hydrogen (secondary N) is 1. The van der Waals surface area contributed by atoms with Gasteiger partial charge in [-0.05, 0) is 11.8 Å². The molecule has 0 aliphatic heterocycles. The molecule has 16 heavy (non-hydrogen) atoms. The van der Waals surface area contributed by atoms with Crippen molar-refractivity contribution in [3.8, 4) is 0 Å². The lowest BCUT2D eigenvalue weighted by atomic mass is 9.89. The lowest BCUT2D eigenvalue weighted by molar-refractivity contribution is 0.132. The van der Waals surface area contributed by atoms with E-state index in [1.54, 1.807) is 0 Å². The Morgan fingerprint density at radius 3 is 2.75 bits per heavy atom. The average Bonchev–Trinajstić information content (AvgIpc) is 2.14. The molecule has 0 aliphatic carbocycles. The van der Waals surface area contributed by atoms with E-state index in [0.717, 1.165) is 6.42 Å². The maximum Gasteiger partial charge on any atom is 0.148 e. The summed E-state index contributed by atoms with van der Waals surface area (Å²) in [5.41, 5.74) is 0.108. The third kappa shape index (κ3) is 4.77. The van der Waals surface area contributed by atoms with Crippen molar-refractivity contribution in [2.75, 3.05) is 11.9 Å². The van der Waals surface area contributed by atoms with Gasteiger partial charge in [0.15, 0.2) is 0 Å². The van der Waals surface area contributed by atoms with Crippen LogP contribution in [-0.2, 0) is 0 Å². The number of nitrogens with zero attached hydrogens (tertiary/aromatic N) is 2. The van der Waals surface area contributed by atoms with Gasteiger partial charge in [-0.3, -0.25) is 0 Å². The van der Waals surface area contributed by atoms with Gasteiger partial charge in [-0.25, -0.2) is 9.97 Å². The molecule has 2 N–H and O–H groups in total. The molecule has 0 saturated carbocycles. The molecule has 0 radical (unpaired) electrons. The number of rotatable bonds is 4. The van der Waals surface area contributed by atoms with E-state index in [1.165, 1.54) is 12.5 Å². The first-order valence-electron chi connectivity index (χ1n) is 5.26. The fourth-order valence-corrected chi connectivity index (χ4v) is 1.61. The normalized spacial score (nSPS) is 13.6. The summed E-state index contributed by atoms with van der Waals surface area (Å²) in [6, 6.07) is 0. The van der Waals surface area contributed by atoms with Crippen LogP contribution in [0.25, 0.3) is 0 Å². The summed E-state index contributed by atoms with van der Waals surface area (Å²) in [6.45, 7) is 6.71. The lowest BCUT2D eigenvalue weighted by Gasteiger charge is -2.22. The van der Waals surface area contributed by atoms with E-state index in [0.29, 0.717) is 17.4 Å². The van der Waals surface area contributed by atoms with Gasteiger partial charge in [-0.15, -0.1) is 0 Å². The zero-order chi connectivity index (χ0) is 12.2. The molecule has 0 saturated heterocycles. The third-order valence-electron chi connectivity index (χ3n) is 2.02. The molecule has 0 amide bonds. The summed E-state index contributed by atoms with van der Waals surface area (Å²) in [5.74, 6) is 0.560. The largest absolute Gasteiger partial charge is 0.391 e. The molecule has 1 unspecified atom stereocenters. The topological polar surface area (TPSA) is 58.0 Å². The maximum atomic E-state index is 9.79. The summed E-state index contributed by atoms with van der Waals surface area (Å²) >= 11 is 5.87. The Kier molecular flexibility index (Phi) is 4.50. The summed E-state index contributed by atoms with van der Waals surface area (Å²) in [6.07, 6.45) is 3.26. The van der Waals surface area contributed by atoms with Crippen LogP contribution in [0.5, 0.6) is 0 Å². The van der Waals surface area contributed by atoms with Crippen LogP contribution >= 0.6 is 11.6 Å². The van der Waals surface area contributed by atoms with Crippen molar-refractivity contribution in [2.24, 2.45) is 5.41 Å². The van der Waals surface area contributed by atoms with Crippen LogP contribution in [0.1, 0.15) is 27.2 Å². The Hall–Kier alpha value is -0.870. The molecular formula is C11H18ClN3O. The summed E-state index contributed by atoms with van der Waals surface area (Å²) in [4.78, 5) is 7.77. The number of aliphatic hydroxyl groups is 1. The van der Waals surface area contributed by atoms with Crippen molar-refractivity contribution in [3.05, 3.63) is 17.5 Å². The van der Waals surface area contributed by atoms with Crippen LogP contribution in [0.4, 0.5) is 5.82 Å². The molecule has 1 aromatic heterocycles. The molecule has 1 rings (SSSR count). The second-order valence-corrected chi connectivity index (χ2v) is 5.43. The number of halogens is 1. The highest BCUT2D eigenvalue weighted by molar-refractivity contribution is 6.32. The number of hydrogen-bond acceptors (Lipinski definition) is 4. The molecule has 1 atom stereocenters. The van der Waals surface area contributed by atoms with Crippen molar-refractivity contribution in [3.63, 3.8) is 0 Å². The van der Waals surface area contributed by atoms with Crippen LogP contribution in [0.2, 0.25) is 5.02 Å². The summed E-state index contributed by atoms with van der Waals surface area (Å²) in [5, 5.41) is 13.3. The van der Waals surface area contributed by atoms with E-state index in [-0.39, 0.29) is 5.41 Å². The summed E-state index contributed by atoms with van der Waals surface area (Å²) in [7, 11) is 0. The van der Waals surface area contributed by atoms with Gasteiger partial charge in [-0.1, -0.05) is 32.4 Å². The molecule has 1 aromatic rings. The Bertz CT molecular complexity index is 338. The second kappa shape index (κ2) is 5.46. The SMILES string of the molecule is CC(C)(C)CC(O)CNc1ncncc1Cl. The average molecular weight is 244 g/mol. The quantitative estimate of drug-likeness (QED) is 0.852. The zero-order valence-corrected chi connectivity index (χ0v) is 10.6. The van der Waals surface area contributed by atoms with E-state index < -0.39 is 6.10 Å². The molecule has 0 bridgehead atoms. The van der Waals surface area contributed by atoms with Crippen LogP contribution < -0.4 is 5.32 Å². The molecule has 5 heteroatoms. The van der Waals surface area contributed by atoms with Gasteiger partial charge in [0, 0.05) is 6.54 Å². The van der Waals surface area contributed by atoms with Gasteiger partial charge in [0.1, 0.15) is 17.2 Å². The minimum atomic E-state index is -0.411. The number of anilines is 1. The highest BCUT2D eigenvalue weighted by Gasteiger charge is 2.16.